The number of alkyl halides is 3. The summed E-state index contributed by atoms with van der Waals surface area (Å²) in [6.45, 7) is 2.16. The van der Waals surface area contributed by atoms with Gasteiger partial charge < -0.3 is 0 Å². The molecule has 0 aliphatic carbocycles. The standard InChI is InChI=1S/C7H9.C6H4Cl3.Fe/c1-2-7-5-3-4-6-7;7-6(8,9)5-3-1-2-4-5;/h3-6H,2H2,1H3;1-4H;/q2*-1;+2. The molecule has 2 aromatic rings. The van der Waals surface area contributed by atoms with Gasteiger partial charge in [-0.05, 0) is 0 Å². The Labute approximate surface area is 128 Å². The third-order valence-electron chi connectivity index (χ3n) is 2.13. The first kappa shape index (κ1) is 17.1. The zero-order valence-electron chi connectivity index (χ0n) is 9.31. The normalized spacial score (nSPS) is 10.1. The average molecular weight is 331 g/mol. The fourth-order valence-corrected chi connectivity index (χ4v) is 1.59. The fourth-order valence-electron chi connectivity index (χ4n) is 1.21. The molecule has 0 heterocycles. The van der Waals surface area contributed by atoms with E-state index in [1.807, 2.05) is 12.1 Å². The van der Waals surface area contributed by atoms with E-state index in [-0.39, 0.29) is 17.1 Å². The minimum Gasteiger partial charge on any atom is -0.213 e. The summed E-state index contributed by atoms with van der Waals surface area (Å²) < 4.78 is -1.26. The number of hydrogen-bond donors (Lipinski definition) is 0. The van der Waals surface area contributed by atoms with Gasteiger partial charge >= 0.3 is 17.1 Å². The van der Waals surface area contributed by atoms with Crippen molar-refractivity contribution in [3.05, 3.63) is 59.7 Å². The van der Waals surface area contributed by atoms with Gasteiger partial charge in [-0.15, -0.1) is 5.56 Å². The van der Waals surface area contributed by atoms with Crippen LogP contribution in [0.25, 0.3) is 0 Å². The van der Waals surface area contributed by atoms with Crippen molar-refractivity contribution < 1.29 is 17.1 Å². The zero-order valence-corrected chi connectivity index (χ0v) is 12.7. The van der Waals surface area contributed by atoms with Gasteiger partial charge in [0.1, 0.15) is 0 Å². The Hall–Kier alpha value is 0.0895. The minimum absolute atomic E-state index is 0. The number of hydrogen-bond acceptors (Lipinski definition) is 0. The van der Waals surface area contributed by atoms with Crippen LogP contribution >= 0.6 is 34.8 Å². The van der Waals surface area contributed by atoms with Crippen molar-refractivity contribution in [2.75, 3.05) is 0 Å². The number of aryl methyl sites for hydroxylation is 1. The van der Waals surface area contributed by atoms with Gasteiger partial charge in [-0.3, -0.25) is 0 Å². The Bertz CT molecular complexity index is 371. The Kier molecular flexibility index (Phi) is 8.28. The summed E-state index contributed by atoms with van der Waals surface area (Å²) in [5, 5.41) is 0. The second kappa shape index (κ2) is 8.24. The topological polar surface area (TPSA) is 0 Å². The molecule has 0 nitrogen and oxygen atoms in total. The summed E-state index contributed by atoms with van der Waals surface area (Å²) in [5.41, 5.74) is 2.15. The van der Waals surface area contributed by atoms with Crippen LogP contribution in [0.15, 0.2) is 48.5 Å². The van der Waals surface area contributed by atoms with Gasteiger partial charge in [0.05, 0.1) is 0 Å². The Morgan fingerprint density at radius 2 is 1.65 bits per heavy atom. The smallest absolute Gasteiger partial charge is 0.213 e. The second-order valence-electron chi connectivity index (χ2n) is 3.32. The van der Waals surface area contributed by atoms with E-state index in [1.54, 1.807) is 12.1 Å². The van der Waals surface area contributed by atoms with E-state index in [0.29, 0.717) is 5.56 Å². The van der Waals surface area contributed by atoms with Gasteiger partial charge in [0, 0.05) is 0 Å². The monoisotopic (exact) mass is 330 g/mol. The molecule has 0 aromatic heterocycles. The zero-order chi connectivity index (χ0) is 12.0. The van der Waals surface area contributed by atoms with Crippen molar-refractivity contribution in [2.45, 2.75) is 17.1 Å². The molecular weight excluding hydrogens is 318 g/mol. The maximum atomic E-state index is 5.53. The van der Waals surface area contributed by atoms with E-state index in [4.69, 9.17) is 34.8 Å². The van der Waals surface area contributed by atoms with Gasteiger partial charge in [0.25, 0.3) is 0 Å². The van der Waals surface area contributed by atoms with Crippen molar-refractivity contribution in [3.8, 4) is 0 Å². The molecular formula is C13H13Cl3Fe. The maximum absolute atomic E-state index is 5.53. The van der Waals surface area contributed by atoms with Gasteiger partial charge in [-0.2, -0.15) is 29.8 Å². The molecule has 0 spiro atoms. The summed E-state index contributed by atoms with van der Waals surface area (Å²) in [4.78, 5) is 0. The van der Waals surface area contributed by atoms with Crippen LogP contribution in [0.1, 0.15) is 18.1 Å². The fraction of sp³-hybridized carbons (Fsp3) is 0.231. The summed E-state index contributed by atoms with van der Waals surface area (Å²) in [5.74, 6) is 0. The van der Waals surface area contributed by atoms with Gasteiger partial charge in [0.2, 0.25) is 0 Å². The molecule has 0 unspecified atom stereocenters. The first-order valence-electron chi connectivity index (χ1n) is 5.03. The Balaban J connectivity index is 0.000000292. The van der Waals surface area contributed by atoms with Crippen LogP contribution < -0.4 is 0 Å². The van der Waals surface area contributed by atoms with Crippen molar-refractivity contribution in [2.24, 2.45) is 0 Å². The molecule has 0 bridgehead atoms. The van der Waals surface area contributed by atoms with E-state index in [9.17, 15) is 0 Å². The number of halogens is 3. The molecule has 0 saturated carbocycles. The SMILES string of the molecule is CCc1ccc[cH-]1.ClC(Cl)(Cl)c1ccc[cH-]1.[Fe+2]. The molecule has 0 aliphatic rings. The first-order chi connectivity index (χ1) is 7.54. The van der Waals surface area contributed by atoms with Crippen molar-refractivity contribution in [1.29, 1.82) is 0 Å². The van der Waals surface area contributed by atoms with Gasteiger partial charge in [-0.1, -0.05) is 48.1 Å². The van der Waals surface area contributed by atoms with Crippen LogP contribution in [0.2, 0.25) is 0 Å². The Morgan fingerprint density at radius 1 is 1.06 bits per heavy atom. The van der Waals surface area contributed by atoms with Crippen molar-refractivity contribution >= 4 is 34.8 Å². The van der Waals surface area contributed by atoms with E-state index in [0.717, 1.165) is 6.42 Å². The molecule has 2 rings (SSSR count). The molecule has 0 radical (unpaired) electrons. The van der Waals surface area contributed by atoms with E-state index in [2.05, 4.69) is 31.2 Å². The summed E-state index contributed by atoms with van der Waals surface area (Å²) in [7, 11) is 0. The first-order valence-corrected chi connectivity index (χ1v) is 6.17. The van der Waals surface area contributed by atoms with Crippen LogP contribution in [0.3, 0.4) is 0 Å². The second-order valence-corrected chi connectivity index (χ2v) is 5.60. The molecule has 0 amide bonds. The molecule has 94 valence electrons. The van der Waals surface area contributed by atoms with Crippen LogP contribution in [-0.2, 0) is 27.3 Å². The predicted octanol–water partition coefficient (Wildman–Crippen LogP) is 5.20. The largest absolute Gasteiger partial charge is 2.00 e. The minimum atomic E-state index is -1.26. The summed E-state index contributed by atoms with van der Waals surface area (Å²) >= 11 is 16.6. The molecule has 0 aliphatic heterocycles. The number of rotatable bonds is 1. The van der Waals surface area contributed by atoms with E-state index >= 15 is 0 Å². The maximum Gasteiger partial charge on any atom is 2.00 e. The average Bonchev–Trinajstić information content (AvgIpc) is 2.91. The van der Waals surface area contributed by atoms with Crippen molar-refractivity contribution in [1.82, 2.24) is 0 Å². The van der Waals surface area contributed by atoms with Crippen LogP contribution in [0.4, 0.5) is 0 Å². The van der Waals surface area contributed by atoms with Crippen LogP contribution in [-0.4, -0.2) is 0 Å². The molecule has 0 saturated heterocycles. The molecule has 0 atom stereocenters. The quantitative estimate of drug-likeness (QED) is 0.383. The molecule has 4 heteroatoms. The van der Waals surface area contributed by atoms with Gasteiger partial charge in [-0.25, -0.2) is 24.3 Å². The van der Waals surface area contributed by atoms with Crippen molar-refractivity contribution in [3.63, 3.8) is 0 Å². The predicted molar refractivity (Wildman–Crippen MR) is 72.7 cm³/mol. The third kappa shape index (κ3) is 6.55. The molecule has 0 fully saturated rings. The van der Waals surface area contributed by atoms with Gasteiger partial charge in [0.15, 0.2) is 3.79 Å². The van der Waals surface area contributed by atoms with Crippen LogP contribution in [0.5, 0.6) is 0 Å². The van der Waals surface area contributed by atoms with E-state index in [1.165, 1.54) is 5.56 Å². The van der Waals surface area contributed by atoms with E-state index < -0.39 is 3.79 Å². The Morgan fingerprint density at radius 3 is 1.88 bits per heavy atom. The summed E-state index contributed by atoms with van der Waals surface area (Å²) in [6, 6.07) is 15.6. The van der Waals surface area contributed by atoms with Crippen LogP contribution in [0, 0.1) is 0 Å². The molecule has 2 aromatic carbocycles. The molecule has 17 heavy (non-hydrogen) atoms. The third-order valence-corrected chi connectivity index (χ3v) is 2.78. The molecule has 0 N–H and O–H groups in total. The summed E-state index contributed by atoms with van der Waals surface area (Å²) in [6.07, 6.45) is 1.16.